The van der Waals surface area contributed by atoms with Crippen LogP contribution in [-0.4, -0.2) is 31.9 Å². The summed E-state index contributed by atoms with van der Waals surface area (Å²) in [6.45, 7) is 4.13. The van der Waals surface area contributed by atoms with Gasteiger partial charge in [-0.1, -0.05) is 12.1 Å². The maximum Gasteiger partial charge on any atom is 0.119 e. The first-order chi connectivity index (χ1) is 9.85. The Morgan fingerprint density at radius 1 is 1.30 bits per heavy atom. The molecule has 20 heavy (non-hydrogen) atoms. The minimum absolute atomic E-state index is 0.0980. The first-order valence-electron chi connectivity index (χ1n) is 6.69. The van der Waals surface area contributed by atoms with E-state index in [0.717, 1.165) is 17.3 Å². The average Bonchev–Trinajstić information content (AvgIpc) is 2.99. The van der Waals surface area contributed by atoms with Crippen LogP contribution in [0.4, 0.5) is 0 Å². The molecular formula is C15H20N2O2S. The Labute approximate surface area is 123 Å². The van der Waals surface area contributed by atoms with E-state index in [9.17, 15) is 0 Å². The van der Waals surface area contributed by atoms with Gasteiger partial charge in [0.15, 0.2) is 0 Å². The lowest BCUT2D eigenvalue weighted by atomic mass is 10.1. The first-order valence-corrected chi connectivity index (χ1v) is 7.57. The van der Waals surface area contributed by atoms with Crippen molar-refractivity contribution in [3.63, 3.8) is 0 Å². The average molecular weight is 292 g/mol. The Morgan fingerprint density at radius 3 is 2.70 bits per heavy atom. The highest BCUT2D eigenvalue weighted by Gasteiger charge is 2.15. The van der Waals surface area contributed by atoms with Gasteiger partial charge in [0, 0.05) is 25.2 Å². The zero-order valence-electron chi connectivity index (χ0n) is 11.8. The highest BCUT2D eigenvalue weighted by Crippen LogP contribution is 2.25. The number of ether oxygens (including phenoxy) is 2. The van der Waals surface area contributed by atoms with E-state index < -0.39 is 0 Å². The van der Waals surface area contributed by atoms with Gasteiger partial charge in [0.2, 0.25) is 0 Å². The molecule has 2 aromatic rings. The number of hydrogen-bond acceptors (Lipinski definition) is 5. The van der Waals surface area contributed by atoms with Gasteiger partial charge in [0.25, 0.3) is 0 Å². The van der Waals surface area contributed by atoms with E-state index in [1.165, 1.54) is 5.56 Å². The van der Waals surface area contributed by atoms with Crippen LogP contribution in [0.15, 0.2) is 35.8 Å². The number of nitrogens with one attached hydrogen (secondary N) is 1. The van der Waals surface area contributed by atoms with E-state index in [-0.39, 0.29) is 6.04 Å². The van der Waals surface area contributed by atoms with Crippen molar-refractivity contribution in [1.29, 1.82) is 0 Å². The maximum absolute atomic E-state index is 5.48. The van der Waals surface area contributed by atoms with Gasteiger partial charge in [-0.15, -0.1) is 11.3 Å². The van der Waals surface area contributed by atoms with Gasteiger partial charge < -0.3 is 14.8 Å². The third kappa shape index (κ3) is 4.03. The lowest BCUT2D eigenvalue weighted by Crippen LogP contribution is -2.25. The number of thiazole rings is 1. The van der Waals surface area contributed by atoms with E-state index in [1.807, 2.05) is 30.6 Å². The Hall–Kier alpha value is -1.43. The van der Waals surface area contributed by atoms with Crippen LogP contribution >= 0.6 is 11.3 Å². The molecule has 0 fully saturated rings. The fourth-order valence-electron chi connectivity index (χ4n) is 1.95. The molecule has 0 aliphatic rings. The summed E-state index contributed by atoms with van der Waals surface area (Å²) in [4.78, 5) is 4.41. The minimum Gasteiger partial charge on any atom is -0.494 e. The van der Waals surface area contributed by atoms with Crippen LogP contribution in [-0.2, 0) is 4.74 Å². The predicted molar refractivity (Wildman–Crippen MR) is 81.4 cm³/mol. The van der Waals surface area contributed by atoms with E-state index in [2.05, 4.69) is 22.4 Å². The number of aromatic nitrogens is 1. The molecule has 0 saturated heterocycles. The number of hydrogen-bond donors (Lipinski definition) is 1. The summed E-state index contributed by atoms with van der Waals surface area (Å²) in [6.07, 6.45) is 1.83. The summed E-state index contributed by atoms with van der Waals surface area (Å²) in [5.41, 5.74) is 1.18. The van der Waals surface area contributed by atoms with Crippen molar-refractivity contribution in [2.45, 2.75) is 13.0 Å². The predicted octanol–water partition coefficient (Wildman–Crippen LogP) is 2.87. The zero-order valence-corrected chi connectivity index (χ0v) is 12.7. The van der Waals surface area contributed by atoms with Crippen molar-refractivity contribution in [2.24, 2.45) is 0 Å². The Kier molecular flexibility index (Phi) is 5.98. The van der Waals surface area contributed by atoms with Crippen molar-refractivity contribution < 1.29 is 9.47 Å². The van der Waals surface area contributed by atoms with Gasteiger partial charge in [0.05, 0.1) is 19.3 Å². The van der Waals surface area contributed by atoms with E-state index in [4.69, 9.17) is 9.47 Å². The van der Waals surface area contributed by atoms with Gasteiger partial charge in [-0.05, 0) is 24.6 Å². The van der Waals surface area contributed by atoms with Crippen molar-refractivity contribution in [3.05, 3.63) is 46.4 Å². The second-order valence-electron chi connectivity index (χ2n) is 4.25. The molecule has 1 atom stereocenters. The summed E-state index contributed by atoms with van der Waals surface area (Å²) >= 11 is 1.65. The first kappa shape index (κ1) is 15.0. The van der Waals surface area contributed by atoms with Gasteiger partial charge in [0.1, 0.15) is 10.8 Å². The van der Waals surface area contributed by atoms with Crippen LogP contribution in [0.2, 0.25) is 0 Å². The minimum atomic E-state index is 0.0980. The number of methoxy groups -OCH3 is 1. The molecule has 1 aromatic heterocycles. The van der Waals surface area contributed by atoms with Crippen molar-refractivity contribution in [3.8, 4) is 5.75 Å². The fraction of sp³-hybridized carbons (Fsp3) is 0.400. The highest BCUT2D eigenvalue weighted by molar-refractivity contribution is 7.09. The Morgan fingerprint density at radius 2 is 2.10 bits per heavy atom. The molecule has 0 bridgehead atoms. The quantitative estimate of drug-likeness (QED) is 0.760. The molecule has 0 amide bonds. The SMILES string of the molecule is CCOc1ccc(C(NCCOC)c2nccs2)cc1. The highest BCUT2D eigenvalue weighted by atomic mass is 32.1. The van der Waals surface area contributed by atoms with Crippen LogP contribution < -0.4 is 10.1 Å². The Balaban J connectivity index is 2.13. The molecule has 1 unspecified atom stereocenters. The summed E-state index contributed by atoms with van der Waals surface area (Å²) in [5, 5.41) is 6.53. The molecule has 0 spiro atoms. The standard InChI is InChI=1S/C15H20N2O2S/c1-3-19-13-6-4-12(5-7-13)14(16-8-10-18-2)15-17-9-11-20-15/h4-7,9,11,14,16H,3,8,10H2,1-2H3. The van der Waals surface area contributed by atoms with Crippen LogP contribution in [0, 0.1) is 0 Å². The molecule has 1 heterocycles. The number of benzene rings is 1. The second kappa shape index (κ2) is 7.99. The van der Waals surface area contributed by atoms with E-state index in [1.54, 1.807) is 18.4 Å². The van der Waals surface area contributed by atoms with Crippen molar-refractivity contribution >= 4 is 11.3 Å². The van der Waals surface area contributed by atoms with Gasteiger partial charge >= 0.3 is 0 Å². The third-order valence-corrected chi connectivity index (χ3v) is 3.72. The summed E-state index contributed by atoms with van der Waals surface area (Å²) < 4.78 is 10.6. The molecule has 5 heteroatoms. The molecular weight excluding hydrogens is 272 g/mol. The Bertz CT molecular complexity index is 485. The molecule has 1 aromatic carbocycles. The van der Waals surface area contributed by atoms with E-state index in [0.29, 0.717) is 13.2 Å². The zero-order chi connectivity index (χ0) is 14.2. The largest absolute Gasteiger partial charge is 0.494 e. The van der Waals surface area contributed by atoms with Crippen LogP contribution in [0.5, 0.6) is 5.75 Å². The van der Waals surface area contributed by atoms with Gasteiger partial charge in [-0.25, -0.2) is 4.98 Å². The molecule has 108 valence electrons. The second-order valence-corrected chi connectivity index (χ2v) is 5.18. The van der Waals surface area contributed by atoms with Crippen molar-refractivity contribution in [1.82, 2.24) is 10.3 Å². The molecule has 0 aliphatic heterocycles. The smallest absolute Gasteiger partial charge is 0.119 e. The number of nitrogens with zero attached hydrogens (tertiary/aromatic N) is 1. The van der Waals surface area contributed by atoms with Crippen LogP contribution in [0.25, 0.3) is 0 Å². The lowest BCUT2D eigenvalue weighted by molar-refractivity contribution is 0.197. The summed E-state index contributed by atoms with van der Waals surface area (Å²) in [6, 6.07) is 8.25. The topological polar surface area (TPSA) is 43.4 Å². The molecule has 1 N–H and O–H groups in total. The molecule has 0 aliphatic carbocycles. The molecule has 4 nitrogen and oxygen atoms in total. The normalized spacial score (nSPS) is 12.3. The maximum atomic E-state index is 5.48. The fourth-order valence-corrected chi connectivity index (χ4v) is 2.69. The van der Waals surface area contributed by atoms with Crippen LogP contribution in [0.3, 0.4) is 0 Å². The molecule has 0 radical (unpaired) electrons. The monoisotopic (exact) mass is 292 g/mol. The molecule has 0 saturated carbocycles. The third-order valence-electron chi connectivity index (χ3n) is 2.88. The molecule has 2 rings (SSSR count). The number of rotatable bonds is 8. The van der Waals surface area contributed by atoms with Gasteiger partial charge in [-0.3, -0.25) is 0 Å². The van der Waals surface area contributed by atoms with Crippen molar-refractivity contribution in [2.75, 3.05) is 26.9 Å². The summed E-state index contributed by atoms with van der Waals surface area (Å²) in [5.74, 6) is 0.894. The lowest BCUT2D eigenvalue weighted by Gasteiger charge is -2.17. The summed E-state index contributed by atoms with van der Waals surface area (Å²) in [7, 11) is 1.71. The van der Waals surface area contributed by atoms with Gasteiger partial charge in [-0.2, -0.15) is 0 Å². The van der Waals surface area contributed by atoms with E-state index >= 15 is 0 Å². The van der Waals surface area contributed by atoms with Crippen LogP contribution in [0.1, 0.15) is 23.5 Å².